The van der Waals surface area contributed by atoms with Crippen LogP contribution in [0.3, 0.4) is 0 Å². The van der Waals surface area contributed by atoms with Crippen LogP contribution in [0, 0.1) is 5.82 Å². The summed E-state index contributed by atoms with van der Waals surface area (Å²) in [6.45, 7) is 4.24. The van der Waals surface area contributed by atoms with E-state index in [1.807, 2.05) is 44.2 Å². The number of sulfonamides is 1. The van der Waals surface area contributed by atoms with E-state index >= 15 is 0 Å². The number of nitrogens with one attached hydrogen (secondary N) is 1. The summed E-state index contributed by atoms with van der Waals surface area (Å²) in [7, 11) is -4.12. The molecule has 0 spiro atoms. The first-order valence-corrected chi connectivity index (χ1v) is 12.1. The van der Waals surface area contributed by atoms with E-state index in [0.29, 0.717) is 24.6 Å². The Bertz CT molecular complexity index is 1150. The van der Waals surface area contributed by atoms with Crippen molar-refractivity contribution in [1.29, 1.82) is 0 Å². The summed E-state index contributed by atoms with van der Waals surface area (Å²) < 4.78 is 46.5. The van der Waals surface area contributed by atoms with Gasteiger partial charge in [0, 0.05) is 6.54 Å². The second kappa shape index (κ2) is 11.0. The average molecular weight is 471 g/mol. The van der Waals surface area contributed by atoms with Crippen molar-refractivity contribution in [2.24, 2.45) is 0 Å². The smallest absolute Gasteiger partial charge is 0.264 e. The number of hydrogen-bond donors (Lipinski definition) is 1. The van der Waals surface area contributed by atoms with Gasteiger partial charge in [-0.3, -0.25) is 9.10 Å². The first kappa shape index (κ1) is 24.3. The lowest BCUT2D eigenvalue weighted by molar-refractivity contribution is -0.119. The molecular weight excluding hydrogens is 443 g/mol. The number of amides is 1. The summed E-state index contributed by atoms with van der Waals surface area (Å²) in [5.41, 5.74) is 1.37. The number of carbonyl (C=O) groups is 1. The number of benzene rings is 3. The van der Waals surface area contributed by atoms with Crippen molar-refractivity contribution >= 4 is 21.6 Å². The minimum atomic E-state index is -4.12. The predicted octanol–water partition coefficient (Wildman–Crippen LogP) is 4.34. The lowest BCUT2D eigenvalue weighted by atomic mass is 10.0. The Kier molecular flexibility index (Phi) is 8.06. The molecule has 0 saturated heterocycles. The summed E-state index contributed by atoms with van der Waals surface area (Å²) in [6, 6.07) is 20.7. The van der Waals surface area contributed by atoms with Gasteiger partial charge in [0.25, 0.3) is 10.0 Å². The molecule has 0 fully saturated rings. The quantitative estimate of drug-likeness (QED) is 0.478. The van der Waals surface area contributed by atoms with Crippen molar-refractivity contribution in [1.82, 2.24) is 5.32 Å². The van der Waals surface area contributed by atoms with Gasteiger partial charge in [0.15, 0.2) is 0 Å². The molecule has 3 aromatic rings. The minimum Gasteiger partial charge on any atom is -0.494 e. The Morgan fingerprint density at radius 1 is 1.00 bits per heavy atom. The second-order valence-electron chi connectivity index (χ2n) is 7.51. The van der Waals surface area contributed by atoms with Gasteiger partial charge < -0.3 is 10.1 Å². The molecule has 1 N–H and O–H groups in total. The summed E-state index contributed by atoms with van der Waals surface area (Å²) in [6.07, 6.45) is 0. The molecule has 0 aliphatic heterocycles. The highest BCUT2D eigenvalue weighted by Crippen LogP contribution is 2.26. The Morgan fingerprint density at radius 3 is 2.24 bits per heavy atom. The maximum absolute atomic E-state index is 13.4. The Morgan fingerprint density at radius 2 is 1.64 bits per heavy atom. The topological polar surface area (TPSA) is 75.7 Å². The van der Waals surface area contributed by atoms with Crippen LogP contribution in [0.4, 0.5) is 10.1 Å². The van der Waals surface area contributed by atoms with Crippen molar-refractivity contribution < 1.29 is 22.3 Å². The molecule has 0 radical (unpaired) electrons. The van der Waals surface area contributed by atoms with Gasteiger partial charge in [-0.1, -0.05) is 37.3 Å². The van der Waals surface area contributed by atoms with E-state index in [4.69, 9.17) is 4.74 Å². The van der Waals surface area contributed by atoms with Crippen molar-refractivity contribution in [3.63, 3.8) is 0 Å². The van der Waals surface area contributed by atoms with Crippen LogP contribution in [0.15, 0.2) is 83.8 Å². The molecule has 33 heavy (non-hydrogen) atoms. The molecule has 8 heteroatoms. The fraction of sp³-hybridized carbons (Fsp3) is 0.240. The molecule has 6 nitrogen and oxygen atoms in total. The van der Waals surface area contributed by atoms with Crippen LogP contribution in [-0.2, 0) is 14.8 Å². The number of halogens is 1. The van der Waals surface area contributed by atoms with Crippen molar-refractivity contribution in [3.05, 3.63) is 90.2 Å². The van der Waals surface area contributed by atoms with Gasteiger partial charge in [0.1, 0.15) is 18.1 Å². The van der Waals surface area contributed by atoms with Gasteiger partial charge in [0.05, 0.1) is 17.2 Å². The minimum absolute atomic E-state index is 0.0581. The van der Waals surface area contributed by atoms with Crippen LogP contribution in [0.2, 0.25) is 0 Å². The predicted molar refractivity (Wildman–Crippen MR) is 126 cm³/mol. The first-order valence-electron chi connectivity index (χ1n) is 10.6. The lowest BCUT2D eigenvalue weighted by Crippen LogP contribution is -2.41. The molecule has 0 aliphatic rings. The van der Waals surface area contributed by atoms with E-state index in [0.717, 1.165) is 22.0 Å². The van der Waals surface area contributed by atoms with Gasteiger partial charge in [-0.15, -0.1) is 0 Å². The van der Waals surface area contributed by atoms with Crippen LogP contribution in [-0.4, -0.2) is 34.0 Å². The third kappa shape index (κ3) is 6.32. The average Bonchev–Trinajstić information content (AvgIpc) is 2.82. The fourth-order valence-electron chi connectivity index (χ4n) is 3.28. The number of ether oxygens (including phenoxy) is 1. The summed E-state index contributed by atoms with van der Waals surface area (Å²) in [5, 5.41) is 2.82. The summed E-state index contributed by atoms with van der Waals surface area (Å²) >= 11 is 0. The zero-order valence-corrected chi connectivity index (χ0v) is 19.4. The highest BCUT2D eigenvalue weighted by Gasteiger charge is 2.27. The van der Waals surface area contributed by atoms with Gasteiger partial charge in [-0.25, -0.2) is 12.8 Å². The van der Waals surface area contributed by atoms with Crippen LogP contribution in [0.5, 0.6) is 5.75 Å². The number of nitrogens with zero attached hydrogens (tertiary/aromatic N) is 1. The molecule has 1 atom stereocenters. The van der Waals surface area contributed by atoms with E-state index in [1.54, 1.807) is 24.3 Å². The molecule has 0 saturated carbocycles. The lowest BCUT2D eigenvalue weighted by Gasteiger charge is -2.24. The maximum Gasteiger partial charge on any atom is 0.264 e. The molecule has 3 rings (SSSR count). The van der Waals surface area contributed by atoms with E-state index in [1.165, 1.54) is 12.1 Å². The maximum atomic E-state index is 13.4. The van der Waals surface area contributed by atoms with Crippen molar-refractivity contribution in [2.45, 2.75) is 24.7 Å². The molecule has 3 aromatic carbocycles. The van der Waals surface area contributed by atoms with Crippen LogP contribution in [0.1, 0.15) is 25.3 Å². The van der Waals surface area contributed by atoms with E-state index in [2.05, 4.69) is 5.32 Å². The Hall–Kier alpha value is -3.39. The first-order chi connectivity index (χ1) is 15.8. The summed E-state index contributed by atoms with van der Waals surface area (Å²) in [5.74, 6) is -0.351. The standard InChI is InChI=1S/C25H27FN2O4S/c1-3-32-23-13-11-22(12-14-23)28(33(30,31)24-15-9-21(26)10-16-24)18-25(29)27-17-19(2)20-7-5-4-6-8-20/h4-16,19H,3,17-18H2,1-2H3,(H,27,29)/t19-/m0/s1. The highest BCUT2D eigenvalue weighted by atomic mass is 32.2. The zero-order chi connectivity index (χ0) is 23.8. The van der Waals surface area contributed by atoms with E-state index < -0.39 is 28.3 Å². The summed E-state index contributed by atoms with van der Waals surface area (Å²) in [4.78, 5) is 12.7. The molecule has 0 bridgehead atoms. The molecule has 1 amide bonds. The monoisotopic (exact) mass is 470 g/mol. The SMILES string of the molecule is CCOc1ccc(N(CC(=O)NC[C@H](C)c2ccccc2)S(=O)(=O)c2ccc(F)cc2)cc1. The fourth-order valence-corrected chi connectivity index (χ4v) is 4.70. The molecule has 0 unspecified atom stereocenters. The molecule has 0 heterocycles. The highest BCUT2D eigenvalue weighted by molar-refractivity contribution is 7.92. The number of anilines is 1. The van der Waals surface area contributed by atoms with Gasteiger partial charge in [0.2, 0.25) is 5.91 Å². The second-order valence-corrected chi connectivity index (χ2v) is 9.37. The molecule has 174 valence electrons. The number of carbonyl (C=O) groups excluding carboxylic acids is 1. The third-order valence-corrected chi connectivity index (χ3v) is 6.89. The largest absolute Gasteiger partial charge is 0.494 e. The van der Waals surface area contributed by atoms with E-state index in [-0.39, 0.29) is 10.8 Å². The van der Waals surface area contributed by atoms with Gasteiger partial charge in [-0.2, -0.15) is 0 Å². The van der Waals surface area contributed by atoms with Crippen molar-refractivity contribution in [3.8, 4) is 5.75 Å². The molecule has 0 aromatic heterocycles. The van der Waals surface area contributed by atoms with Crippen LogP contribution < -0.4 is 14.4 Å². The Balaban J connectivity index is 1.82. The van der Waals surface area contributed by atoms with E-state index in [9.17, 15) is 17.6 Å². The normalized spacial score (nSPS) is 12.1. The van der Waals surface area contributed by atoms with Crippen LogP contribution in [0.25, 0.3) is 0 Å². The van der Waals surface area contributed by atoms with Crippen molar-refractivity contribution in [2.75, 3.05) is 24.0 Å². The third-order valence-electron chi connectivity index (χ3n) is 5.10. The molecule has 0 aliphatic carbocycles. The zero-order valence-electron chi connectivity index (χ0n) is 18.6. The Labute approximate surface area is 194 Å². The number of rotatable bonds is 10. The number of hydrogen-bond acceptors (Lipinski definition) is 4. The van der Waals surface area contributed by atoms with Crippen LogP contribution >= 0.6 is 0 Å². The van der Waals surface area contributed by atoms with Gasteiger partial charge >= 0.3 is 0 Å². The molecular formula is C25H27FN2O4S. The van der Waals surface area contributed by atoms with Gasteiger partial charge in [-0.05, 0) is 66.9 Å².